The SMILES string of the molecule is COC(=O)C1C/C(=C/C(=O)c2ccc(C)cc2)N(C2CCCCC2)C1. The number of carbonyl (C=O) groups is 2. The molecule has 1 unspecified atom stereocenters. The standard InChI is InChI=1S/C21H27NO3/c1-15-8-10-16(11-9-15)20(23)13-19-12-17(21(24)25-2)14-22(19)18-6-4-3-5-7-18/h8-11,13,17-18H,3-7,12,14H2,1-2H3/b19-13-. The molecule has 1 atom stereocenters. The Balaban J connectivity index is 1.82. The monoisotopic (exact) mass is 341 g/mol. The number of nitrogens with zero attached hydrogens (tertiary/aromatic N) is 1. The number of hydrogen-bond acceptors (Lipinski definition) is 4. The molecular formula is C21H27NO3. The first kappa shape index (κ1) is 17.7. The van der Waals surface area contributed by atoms with Crippen LogP contribution in [0.3, 0.4) is 0 Å². The molecule has 25 heavy (non-hydrogen) atoms. The van der Waals surface area contributed by atoms with Gasteiger partial charge in [-0.1, -0.05) is 49.1 Å². The lowest BCUT2D eigenvalue weighted by Gasteiger charge is -2.33. The Morgan fingerprint density at radius 1 is 1.12 bits per heavy atom. The molecule has 1 aromatic rings. The molecule has 1 heterocycles. The molecule has 1 aliphatic heterocycles. The van der Waals surface area contributed by atoms with Crippen molar-refractivity contribution in [1.82, 2.24) is 4.90 Å². The number of esters is 1. The summed E-state index contributed by atoms with van der Waals surface area (Å²) in [6.45, 7) is 2.68. The summed E-state index contributed by atoms with van der Waals surface area (Å²) in [7, 11) is 1.44. The lowest BCUT2D eigenvalue weighted by Crippen LogP contribution is -2.35. The minimum absolute atomic E-state index is 0.0151. The molecule has 4 nitrogen and oxygen atoms in total. The summed E-state index contributed by atoms with van der Waals surface area (Å²) in [5, 5.41) is 0. The maximum atomic E-state index is 12.7. The van der Waals surface area contributed by atoms with Gasteiger partial charge in [0.25, 0.3) is 0 Å². The van der Waals surface area contributed by atoms with Crippen LogP contribution >= 0.6 is 0 Å². The van der Waals surface area contributed by atoms with Crippen LogP contribution in [0.4, 0.5) is 0 Å². The average molecular weight is 341 g/mol. The molecule has 1 aliphatic carbocycles. The highest BCUT2D eigenvalue weighted by Gasteiger charge is 2.36. The number of ketones is 1. The first-order valence-electron chi connectivity index (χ1n) is 9.24. The van der Waals surface area contributed by atoms with Gasteiger partial charge in [-0.05, 0) is 19.8 Å². The Hall–Kier alpha value is -2.10. The molecule has 0 spiro atoms. The number of ether oxygens (including phenoxy) is 1. The van der Waals surface area contributed by atoms with Gasteiger partial charge in [-0.2, -0.15) is 0 Å². The zero-order valence-electron chi connectivity index (χ0n) is 15.2. The third-order valence-corrected chi connectivity index (χ3v) is 5.43. The van der Waals surface area contributed by atoms with Gasteiger partial charge in [-0.15, -0.1) is 0 Å². The Morgan fingerprint density at radius 3 is 2.44 bits per heavy atom. The molecule has 0 bridgehead atoms. The van der Waals surface area contributed by atoms with Crippen molar-refractivity contribution in [2.24, 2.45) is 5.92 Å². The van der Waals surface area contributed by atoms with E-state index in [1.807, 2.05) is 31.2 Å². The van der Waals surface area contributed by atoms with Gasteiger partial charge in [0.05, 0.1) is 13.0 Å². The fourth-order valence-electron chi connectivity index (χ4n) is 3.98. The number of allylic oxidation sites excluding steroid dienone is 2. The molecule has 2 fully saturated rings. The van der Waals surface area contributed by atoms with Crippen molar-refractivity contribution >= 4 is 11.8 Å². The lowest BCUT2D eigenvalue weighted by molar-refractivity contribution is -0.145. The number of carbonyl (C=O) groups excluding carboxylic acids is 2. The third kappa shape index (κ3) is 4.12. The van der Waals surface area contributed by atoms with Crippen LogP contribution in [0.1, 0.15) is 54.4 Å². The van der Waals surface area contributed by atoms with Crippen LogP contribution < -0.4 is 0 Å². The van der Waals surface area contributed by atoms with E-state index < -0.39 is 0 Å². The van der Waals surface area contributed by atoms with Gasteiger partial charge in [0, 0.05) is 36.3 Å². The molecule has 0 amide bonds. The zero-order chi connectivity index (χ0) is 17.8. The second-order valence-corrected chi connectivity index (χ2v) is 7.23. The number of hydrogen-bond donors (Lipinski definition) is 0. The Bertz CT molecular complexity index is 656. The summed E-state index contributed by atoms with van der Waals surface area (Å²) >= 11 is 0. The number of benzene rings is 1. The van der Waals surface area contributed by atoms with Crippen molar-refractivity contribution in [1.29, 1.82) is 0 Å². The lowest BCUT2D eigenvalue weighted by atomic mass is 9.94. The van der Waals surface area contributed by atoms with E-state index in [4.69, 9.17) is 4.74 Å². The summed E-state index contributed by atoms with van der Waals surface area (Å²) in [6, 6.07) is 8.09. The van der Waals surface area contributed by atoms with Crippen LogP contribution in [0.25, 0.3) is 0 Å². The van der Waals surface area contributed by atoms with Crippen LogP contribution in [0, 0.1) is 12.8 Å². The molecule has 0 radical (unpaired) electrons. The second-order valence-electron chi connectivity index (χ2n) is 7.23. The van der Waals surface area contributed by atoms with Gasteiger partial charge < -0.3 is 9.64 Å². The smallest absolute Gasteiger partial charge is 0.310 e. The molecule has 1 saturated heterocycles. The van der Waals surface area contributed by atoms with E-state index in [2.05, 4.69) is 4.90 Å². The van der Waals surface area contributed by atoms with Crippen LogP contribution in [0.5, 0.6) is 0 Å². The van der Waals surface area contributed by atoms with E-state index in [0.717, 1.165) is 24.1 Å². The van der Waals surface area contributed by atoms with Crippen LogP contribution in [-0.2, 0) is 9.53 Å². The normalized spacial score (nSPS) is 23.0. The highest BCUT2D eigenvalue weighted by atomic mass is 16.5. The molecule has 134 valence electrons. The van der Waals surface area contributed by atoms with Gasteiger partial charge in [0.15, 0.2) is 5.78 Å². The predicted octanol–water partition coefficient (Wildman–Crippen LogP) is 3.89. The molecule has 4 heteroatoms. The second kappa shape index (κ2) is 7.85. The molecule has 1 aromatic carbocycles. The summed E-state index contributed by atoms with van der Waals surface area (Å²) in [6.07, 6.45) is 8.36. The van der Waals surface area contributed by atoms with E-state index in [1.54, 1.807) is 6.08 Å². The maximum absolute atomic E-state index is 12.7. The van der Waals surface area contributed by atoms with Gasteiger partial charge in [0.1, 0.15) is 0 Å². The number of methoxy groups -OCH3 is 1. The van der Waals surface area contributed by atoms with Gasteiger partial charge >= 0.3 is 5.97 Å². The van der Waals surface area contributed by atoms with E-state index in [9.17, 15) is 9.59 Å². The average Bonchev–Trinajstić information content (AvgIpc) is 3.06. The molecule has 0 aromatic heterocycles. The van der Waals surface area contributed by atoms with Crippen molar-refractivity contribution in [3.05, 3.63) is 47.2 Å². The molecule has 3 rings (SSSR count). The van der Waals surface area contributed by atoms with Crippen molar-refractivity contribution in [2.45, 2.75) is 51.5 Å². The number of aryl methyl sites for hydroxylation is 1. The Kier molecular flexibility index (Phi) is 5.57. The first-order chi connectivity index (χ1) is 12.1. The van der Waals surface area contributed by atoms with Crippen LogP contribution in [0.15, 0.2) is 36.0 Å². The van der Waals surface area contributed by atoms with E-state index in [0.29, 0.717) is 24.6 Å². The Labute approximate surface area is 149 Å². The fourth-order valence-corrected chi connectivity index (χ4v) is 3.98. The van der Waals surface area contributed by atoms with Gasteiger partial charge in [0.2, 0.25) is 0 Å². The van der Waals surface area contributed by atoms with E-state index in [-0.39, 0.29) is 17.7 Å². The van der Waals surface area contributed by atoms with E-state index in [1.165, 1.54) is 26.4 Å². The van der Waals surface area contributed by atoms with E-state index >= 15 is 0 Å². The highest BCUT2D eigenvalue weighted by molar-refractivity contribution is 6.05. The van der Waals surface area contributed by atoms with Crippen molar-refractivity contribution in [2.75, 3.05) is 13.7 Å². The summed E-state index contributed by atoms with van der Waals surface area (Å²) in [4.78, 5) is 27.0. The highest BCUT2D eigenvalue weighted by Crippen LogP contribution is 2.34. The summed E-state index contributed by atoms with van der Waals surface area (Å²) < 4.78 is 4.94. The molecule has 1 saturated carbocycles. The fraction of sp³-hybridized carbons (Fsp3) is 0.524. The van der Waals surface area contributed by atoms with Gasteiger partial charge in [-0.25, -0.2) is 0 Å². The van der Waals surface area contributed by atoms with Crippen LogP contribution in [0.2, 0.25) is 0 Å². The number of likely N-dealkylation sites (tertiary alicyclic amines) is 1. The topological polar surface area (TPSA) is 46.6 Å². The molecule has 0 N–H and O–H groups in total. The zero-order valence-corrected chi connectivity index (χ0v) is 15.2. The maximum Gasteiger partial charge on any atom is 0.310 e. The van der Waals surface area contributed by atoms with Crippen molar-refractivity contribution in [3.8, 4) is 0 Å². The summed E-state index contributed by atoms with van der Waals surface area (Å²) in [5.41, 5.74) is 2.83. The molecular weight excluding hydrogens is 314 g/mol. The number of rotatable bonds is 4. The Morgan fingerprint density at radius 2 is 1.80 bits per heavy atom. The third-order valence-electron chi connectivity index (χ3n) is 5.43. The predicted molar refractivity (Wildman–Crippen MR) is 97.3 cm³/mol. The van der Waals surface area contributed by atoms with Gasteiger partial charge in [-0.3, -0.25) is 9.59 Å². The first-order valence-corrected chi connectivity index (χ1v) is 9.24. The van der Waals surface area contributed by atoms with Crippen molar-refractivity contribution < 1.29 is 14.3 Å². The van der Waals surface area contributed by atoms with Crippen LogP contribution in [-0.4, -0.2) is 36.3 Å². The summed E-state index contributed by atoms with van der Waals surface area (Å²) in [5.74, 6) is -0.322. The van der Waals surface area contributed by atoms with Crippen molar-refractivity contribution in [3.63, 3.8) is 0 Å². The minimum Gasteiger partial charge on any atom is -0.469 e. The molecule has 2 aliphatic rings. The minimum atomic E-state index is -0.174. The largest absolute Gasteiger partial charge is 0.469 e. The quantitative estimate of drug-likeness (QED) is 0.473.